The van der Waals surface area contributed by atoms with Crippen LogP contribution in [-0.4, -0.2) is 6.29 Å². The molecule has 0 unspecified atom stereocenters. The Balaban J connectivity index is 2.10. The van der Waals surface area contributed by atoms with Gasteiger partial charge in [0, 0.05) is 6.42 Å². The molecule has 1 aliphatic rings. The third-order valence-electron chi connectivity index (χ3n) is 3.60. The van der Waals surface area contributed by atoms with Crippen molar-refractivity contribution in [2.45, 2.75) is 38.5 Å². The maximum Gasteiger partial charge on any atom is 0.120 e. The Hall–Kier alpha value is -1.11. The lowest BCUT2D eigenvalue weighted by Gasteiger charge is -2.26. The van der Waals surface area contributed by atoms with E-state index in [0.29, 0.717) is 0 Å². The van der Waals surface area contributed by atoms with E-state index in [0.717, 1.165) is 19.1 Å². The van der Waals surface area contributed by atoms with E-state index in [4.69, 9.17) is 0 Å². The van der Waals surface area contributed by atoms with Gasteiger partial charge in [0.2, 0.25) is 0 Å². The van der Waals surface area contributed by atoms with Gasteiger partial charge in [-0.2, -0.15) is 0 Å². The van der Waals surface area contributed by atoms with Crippen molar-refractivity contribution in [1.82, 2.24) is 0 Å². The molecule has 1 heteroatoms. The van der Waals surface area contributed by atoms with Crippen LogP contribution in [-0.2, 0) is 11.2 Å². The minimum Gasteiger partial charge on any atom is -0.303 e. The highest BCUT2D eigenvalue weighted by atomic mass is 16.1. The number of carbonyl (C=O) groups excluding carboxylic acids is 1. The van der Waals surface area contributed by atoms with Gasteiger partial charge in [0.1, 0.15) is 6.29 Å². The molecule has 15 heavy (non-hydrogen) atoms. The van der Waals surface area contributed by atoms with E-state index in [1.807, 2.05) is 6.07 Å². The maximum atomic E-state index is 10.8. The van der Waals surface area contributed by atoms with Crippen molar-refractivity contribution in [1.29, 1.82) is 0 Å². The Labute approximate surface area is 91.5 Å². The summed E-state index contributed by atoms with van der Waals surface area (Å²) in [7, 11) is 0. The number of hydrogen-bond acceptors (Lipinski definition) is 1. The first-order valence-corrected chi connectivity index (χ1v) is 5.82. The Kier molecular flexibility index (Phi) is 3.20. The molecule has 1 saturated carbocycles. The monoisotopic (exact) mass is 202 g/mol. The van der Waals surface area contributed by atoms with Crippen molar-refractivity contribution in [3.63, 3.8) is 0 Å². The Morgan fingerprint density at radius 1 is 1.13 bits per heavy atom. The van der Waals surface area contributed by atoms with Crippen LogP contribution in [0.3, 0.4) is 0 Å². The van der Waals surface area contributed by atoms with Crippen LogP contribution in [0, 0.1) is 5.41 Å². The van der Waals surface area contributed by atoms with E-state index < -0.39 is 0 Å². The quantitative estimate of drug-likeness (QED) is 0.684. The van der Waals surface area contributed by atoms with Crippen LogP contribution < -0.4 is 0 Å². The molecule has 1 aliphatic carbocycles. The van der Waals surface area contributed by atoms with Gasteiger partial charge in [-0.1, -0.05) is 43.2 Å². The fourth-order valence-electron chi connectivity index (χ4n) is 2.78. The summed E-state index contributed by atoms with van der Waals surface area (Å²) in [5, 5.41) is 0. The Bertz CT molecular complexity index is 309. The number of carbonyl (C=O) groups is 1. The van der Waals surface area contributed by atoms with Crippen molar-refractivity contribution < 1.29 is 4.79 Å². The lowest BCUT2D eigenvalue weighted by molar-refractivity contribution is -0.109. The summed E-state index contributed by atoms with van der Waals surface area (Å²) in [5.74, 6) is 0. The van der Waals surface area contributed by atoms with Crippen molar-refractivity contribution in [3.8, 4) is 0 Å². The maximum absolute atomic E-state index is 10.8. The second-order valence-corrected chi connectivity index (χ2v) is 4.74. The highest BCUT2D eigenvalue weighted by molar-refractivity contribution is 5.51. The van der Waals surface area contributed by atoms with Gasteiger partial charge in [-0.15, -0.1) is 0 Å². The van der Waals surface area contributed by atoms with Crippen LogP contribution in [0.4, 0.5) is 0 Å². The van der Waals surface area contributed by atoms with Crippen LogP contribution in [0.15, 0.2) is 30.3 Å². The molecule has 0 radical (unpaired) electrons. The minimum atomic E-state index is 0.281. The predicted molar refractivity (Wildman–Crippen MR) is 61.7 cm³/mol. The second kappa shape index (κ2) is 4.61. The molecule has 2 rings (SSSR count). The summed E-state index contributed by atoms with van der Waals surface area (Å²) in [6.07, 6.45) is 7.95. The first-order valence-electron chi connectivity index (χ1n) is 5.82. The van der Waals surface area contributed by atoms with E-state index in [1.165, 1.54) is 31.2 Å². The normalized spacial score (nSPS) is 18.9. The van der Waals surface area contributed by atoms with Crippen molar-refractivity contribution >= 4 is 6.29 Å². The third-order valence-corrected chi connectivity index (χ3v) is 3.60. The zero-order valence-corrected chi connectivity index (χ0v) is 9.11. The highest BCUT2D eigenvalue weighted by Crippen LogP contribution is 2.43. The van der Waals surface area contributed by atoms with Crippen LogP contribution in [0.2, 0.25) is 0 Å². The van der Waals surface area contributed by atoms with E-state index in [-0.39, 0.29) is 5.41 Å². The molecular formula is C14H18O. The summed E-state index contributed by atoms with van der Waals surface area (Å²) in [4.78, 5) is 10.8. The van der Waals surface area contributed by atoms with E-state index >= 15 is 0 Å². The molecule has 0 atom stereocenters. The molecule has 1 aromatic carbocycles. The molecule has 1 aromatic rings. The SMILES string of the molecule is O=CCC1(Cc2ccccc2)CCCC1. The molecule has 0 spiro atoms. The first kappa shape index (κ1) is 10.4. The zero-order chi connectivity index (χ0) is 10.6. The summed E-state index contributed by atoms with van der Waals surface area (Å²) >= 11 is 0. The summed E-state index contributed by atoms with van der Waals surface area (Å²) < 4.78 is 0. The minimum absolute atomic E-state index is 0.281. The molecule has 0 N–H and O–H groups in total. The molecule has 0 bridgehead atoms. The van der Waals surface area contributed by atoms with Gasteiger partial charge in [0.25, 0.3) is 0 Å². The lowest BCUT2D eigenvalue weighted by Crippen LogP contribution is -2.20. The van der Waals surface area contributed by atoms with Gasteiger partial charge in [-0.05, 0) is 30.2 Å². The van der Waals surface area contributed by atoms with Crippen LogP contribution >= 0.6 is 0 Å². The molecule has 0 aliphatic heterocycles. The van der Waals surface area contributed by atoms with E-state index in [1.54, 1.807) is 0 Å². The molecule has 0 heterocycles. The summed E-state index contributed by atoms with van der Waals surface area (Å²) in [5.41, 5.74) is 1.66. The van der Waals surface area contributed by atoms with E-state index in [9.17, 15) is 4.79 Å². The summed E-state index contributed by atoms with van der Waals surface area (Å²) in [6, 6.07) is 10.6. The standard InChI is InChI=1S/C14H18O/c15-11-10-14(8-4-5-9-14)12-13-6-2-1-3-7-13/h1-3,6-7,11H,4-5,8-10,12H2. The molecule has 0 aromatic heterocycles. The first-order chi connectivity index (χ1) is 7.35. The van der Waals surface area contributed by atoms with Gasteiger partial charge >= 0.3 is 0 Å². The second-order valence-electron chi connectivity index (χ2n) is 4.74. The average Bonchev–Trinajstić information content (AvgIpc) is 2.69. The molecule has 1 fully saturated rings. The molecule has 0 amide bonds. The van der Waals surface area contributed by atoms with Crippen molar-refractivity contribution in [2.75, 3.05) is 0 Å². The number of rotatable bonds is 4. The van der Waals surface area contributed by atoms with Crippen LogP contribution in [0.25, 0.3) is 0 Å². The number of hydrogen-bond donors (Lipinski definition) is 0. The molecule has 80 valence electrons. The molecular weight excluding hydrogens is 184 g/mol. The molecule has 1 nitrogen and oxygen atoms in total. The van der Waals surface area contributed by atoms with Crippen LogP contribution in [0.5, 0.6) is 0 Å². The van der Waals surface area contributed by atoms with Gasteiger partial charge in [0.15, 0.2) is 0 Å². The lowest BCUT2D eigenvalue weighted by atomic mass is 9.78. The van der Waals surface area contributed by atoms with Crippen LogP contribution in [0.1, 0.15) is 37.7 Å². The number of benzene rings is 1. The third kappa shape index (κ3) is 2.47. The number of aldehydes is 1. The van der Waals surface area contributed by atoms with Gasteiger partial charge < -0.3 is 4.79 Å². The van der Waals surface area contributed by atoms with Gasteiger partial charge in [0.05, 0.1) is 0 Å². The topological polar surface area (TPSA) is 17.1 Å². The largest absolute Gasteiger partial charge is 0.303 e. The molecule has 0 saturated heterocycles. The highest BCUT2D eigenvalue weighted by Gasteiger charge is 2.33. The van der Waals surface area contributed by atoms with Crippen molar-refractivity contribution in [3.05, 3.63) is 35.9 Å². The summed E-state index contributed by atoms with van der Waals surface area (Å²) in [6.45, 7) is 0. The van der Waals surface area contributed by atoms with Gasteiger partial charge in [-0.3, -0.25) is 0 Å². The zero-order valence-electron chi connectivity index (χ0n) is 9.11. The Morgan fingerprint density at radius 2 is 1.80 bits per heavy atom. The van der Waals surface area contributed by atoms with E-state index in [2.05, 4.69) is 24.3 Å². The smallest absolute Gasteiger partial charge is 0.120 e. The predicted octanol–water partition coefficient (Wildman–Crippen LogP) is 3.38. The van der Waals surface area contributed by atoms with Crippen molar-refractivity contribution in [2.24, 2.45) is 5.41 Å². The Morgan fingerprint density at radius 3 is 2.40 bits per heavy atom. The fourth-order valence-corrected chi connectivity index (χ4v) is 2.78. The average molecular weight is 202 g/mol. The van der Waals surface area contributed by atoms with Gasteiger partial charge in [-0.25, -0.2) is 0 Å². The fraction of sp³-hybridized carbons (Fsp3) is 0.500.